The molecule has 24 heavy (non-hydrogen) atoms. The summed E-state index contributed by atoms with van der Waals surface area (Å²) < 4.78 is 10.6. The van der Waals surface area contributed by atoms with E-state index in [0.29, 0.717) is 23.6 Å². The van der Waals surface area contributed by atoms with Crippen molar-refractivity contribution in [3.05, 3.63) is 35.4 Å². The number of piperidine rings is 1. The number of hydrogen-bond donors (Lipinski definition) is 2. The van der Waals surface area contributed by atoms with Crippen molar-refractivity contribution in [2.75, 3.05) is 26.2 Å². The van der Waals surface area contributed by atoms with Crippen LogP contribution in [0.15, 0.2) is 34.1 Å². The van der Waals surface area contributed by atoms with Crippen molar-refractivity contribution in [3.63, 3.8) is 0 Å². The standard InChI is InChI=1S/C17H23N3O4/c1-2-23-16(21)14-12(11-20-8-4-3-5-9-20)18-17(22)19-15(14)13-7-6-10-24-13/h6-7,10,15H,2-5,8-9,11H2,1H3,(H2,18,19,22)/t15-/m0/s1. The highest BCUT2D eigenvalue weighted by Gasteiger charge is 2.35. The molecule has 0 aliphatic carbocycles. The summed E-state index contributed by atoms with van der Waals surface area (Å²) in [6, 6.07) is 2.51. The van der Waals surface area contributed by atoms with E-state index in [9.17, 15) is 9.59 Å². The molecule has 1 aromatic heterocycles. The van der Waals surface area contributed by atoms with Gasteiger partial charge in [-0.25, -0.2) is 9.59 Å². The third kappa shape index (κ3) is 3.62. The molecule has 3 rings (SSSR count). The summed E-state index contributed by atoms with van der Waals surface area (Å²) in [6.45, 7) is 4.50. The first-order valence-electron chi connectivity index (χ1n) is 8.42. The fourth-order valence-electron chi connectivity index (χ4n) is 3.20. The second-order valence-corrected chi connectivity index (χ2v) is 6.00. The second kappa shape index (κ2) is 7.53. The summed E-state index contributed by atoms with van der Waals surface area (Å²) in [6.07, 6.45) is 5.02. The van der Waals surface area contributed by atoms with Crippen molar-refractivity contribution in [1.82, 2.24) is 15.5 Å². The monoisotopic (exact) mass is 333 g/mol. The SMILES string of the molecule is CCOC(=O)C1=C(CN2CCCCC2)NC(=O)N[C@H]1c1ccco1. The van der Waals surface area contributed by atoms with Crippen molar-refractivity contribution in [3.8, 4) is 0 Å². The summed E-state index contributed by atoms with van der Waals surface area (Å²) in [5.74, 6) is 0.0856. The Kier molecular flexibility index (Phi) is 5.20. The van der Waals surface area contributed by atoms with Crippen molar-refractivity contribution in [1.29, 1.82) is 0 Å². The molecule has 0 unspecified atom stereocenters. The number of esters is 1. The fraction of sp³-hybridized carbons (Fsp3) is 0.529. The predicted molar refractivity (Wildman–Crippen MR) is 87.1 cm³/mol. The molecule has 1 aromatic rings. The number of nitrogens with zero attached hydrogens (tertiary/aromatic N) is 1. The highest BCUT2D eigenvalue weighted by atomic mass is 16.5. The molecule has 2 amide bonds. The molecule has 0 saturated carbocycles. The number of ether oxygens (including phenoxy) is 1. The quantitative estimate of drug-likeness (QED) is 0.805. The summed E-state index contributed by atoms with van der Waals surface area (Å²) in [4.78, 5) is 26.9. The van der Waals surface area contributed by atoms with E-state index in [0.717, 1.165) is 25.9 Å². The molecule has 0 bridgehead atoms. The maximum absolute atomic E-state index is 12.5. The second-order valence-electron chi connectivity index (χ2n) is 6.00. The van der Waals surface area contributed by atoms with Gasteiger partial charge in [0.25, 0.3) is 0 Å². The molecular weight excluding hydrogens is 310 g/mol. The Balaban J connectivity index is 1.93. The van der Waals surface area contributed by atoms with Gasteiger partial charge < -0.3 is 19.8 Å². The number of furan rings is 1. The van der Waals surface area contributed by atoms with Gasteiger partial charge in [0.1, 0.15) is 11.8 Å². The molecule has 2 N–H and O–H groups in total. The molecule has 0 radical (unpaired) electrons. The van der Waals surface area contributed by atoms with E-state index in [1.807, 2.05) is 0 Å². The summed E-state index contributed by atoms with van der Waals surface area (Å²) in [5.41, 5.74) is 1.01. The van der Waals surface area contributed by atoms with Gasteiger partial charge >= 0.3 is 12.0 Å². The minimum atomic E-state index is -0.632. The van der Waals surface area contributed by atoms with Crippen LogP contribution in [0.2, 0.25) is 0 Å². The largest absolute Gasteiger partial charge is 0.467 e. The maximum Gasteiger partial charge on any atom is 0.338 e. The van der Waals surface area contributed by atoms with Crippen LogP contribution in [0, 0.1) is 0 Å². The molecule has 0 spiro atoms. The number of carbonyl (C=O) groups excluding carboxylic acids is 2. The number of amides is 2. The third-order valence-corrected chi connectivity index (χ3v) is 4.31. The maximum atomic E-state index is 12.5. The minimum absolute atomic E-state index is 0.276. The third-order valence-electron chi connectivity index (χ3n) is 4.31. The number of urea groups is 1. The zero-order valence-corrected chi connectivity index (χ0v) is 13.8. The number of likely N-dealkylation sites (tertiary alicyclic amines) is 1. The minimum Gasteiger partial charge on any atom is -0.467 e. The normalized spacial score (nSPS) is 22.0. The van der Waals surface area contributed by atoms with E-state index in [4.69, 9.17) is 9.15 Å². The summed E-state index contributed by atoms with van der Waals surface area (Å²) >= 11 is 0. The van der Waals surface area contributed by atoms with Crippen molar-refractivity contribution < 1.29 is 18.7 Å². The molecule has 7 heteroatoms. The topological polar surface area (TPSA) is 83.8 Å². The number of carbonyl (C=O) groups is 2. The number of hydrogen-bond acceptors (Lipinski definition) is 5. The lowest BCUT2D eigenvalue weighted by atomic mass is 9.99. The van der Waals surface area contributed by atoms with Crippen LogP contribution in [0.25, 0.3) is 0 Å². The van der Waals surface area contributed by atoms with Gasteiger partial charge in [-0.2, -0.15) is 0 Å². The van der Waals surface area contributed by atoms with Crippen molar-refractivity contribution >= 4 is 12.0 Å². The molecule has 1 atom stereocenters. The van der Waals surface area contributed by atoms with Gasteiger partial charge in [0.15, 0.2) is 0 Å². The number of nitrogens with one attached hydrogen (secondary N) is 2. The van der Waals surface area contributed by atoms with Gasteiger partial charge in [-0.3, -0.25) is 4.90 Å². The van der Waals surface area contributed by atoms with E-state index in [2.05, 4.69) is 15.5 Å². The molecule has 1 saturated heterocycles. The molecule has 2 aliphatic rings. The summed E-state index contributed by atoms with van der Waals surface area (Å²) in [7, 11) is 0. The first-order chi connectivity index (χ1) is 11.7. The average molecular weight is 333 g/mol. The van der Waals surface area contributed by atoms with Crippen LogP contribution in [0.5, 0.6) is 0 Å². The van der Waals surface area contributed by atoms with Crippen LogP contribution in [-0.4, -0.2) is 43.1 Å². The zero-order valence-electron chi connectivity index (χ0n) is 13.8. The van der Waals surface area contributed by atoms with Gasteiger partial charge in [0.2, 0.25) is 0 Å². The Morgan fingerprint density at radius 3 is 2.83 bits per heavy atom. The lowest BCUT2D eigenvalue weighted by Crippen LogP contribution is -2.48. The Morgan fingerprint density at radius 2 is 2.17 bits per heavy atom. The van der Waals surface area contributed by atoms with Crippen LogP contribution >= 0.6 is 0 Å². The molecule has 3 heterocycles. The van der Waals surface area contributed by atoms with Gasteiger partial charge in [0.05, 0.1) is 18.4 Å². The van der Waals surface area contributed by atoms with E-state index < -0.39 is 12.0 Å². The van der Waals surface area contributed by atoms with E-state index in [-0.39, 0.29) is 12.6 Å². The Bertz CT molecular complexity index is 618. The molecule has 7 nitrogen and oxygen atoms in total. The van der Waals surface area contributed by atoms with Gasteiger partial charge in [0, 0.05) is 12.2 Å². The van der Waals surface area contributed by atoms with Crippen LogP contribution in [0.1, 0.15) is 38.0 Å². The molecule has 130 valence electrons. The Morgan fingerprint density at radius 1 is 1.38 bits per heavy atom. The molecular formula is C17H23N3O4. The molecule has 2 aliphatic heterocycles. The lowest BCUT2D eigenvalue weighted by Gasteiger charge is -2.32. The van der Waals surface area contributed by atoms with Gasteiger partial charge in [-0.15, -0.1) is 0 Å². The van der Waals surface area contributed by atoms with E-state index in [1.165, 1.54) is 12.7 Å². The van der Waals surface area contributed by atoms with Crippen LogP contribution in [0.4, 0.5) is 4.79 Å². The molecule has 0 aromatic carbocycles. The number of rotatable bonds is 5. The van der Waals surface area contributed by atoms with E-state index >= 15 is 0 Å². The summed E-state index contributed by atoms with van der Waals surface area (Å²) in [5, 5.41) is 5.54. The van der Waals surface area contributed by atoms with E-state index in [1.54, 1.807) is 19.1 Å². The fourth-order valence-corrected chi connectivity index (χ4v) is 3.20. The van der Waals surface area contributed by atoms with Gasteiger partial charge in [-0.1, -0.05) is 6.42 Å². The Labute approximate surface area is 141 Å². The highest BCUT2D eigenvalue weighted by molar-refractivity contribution is 5.95. The highest BCUT2D eigenvalue weighted by Crippen LogP contribution is 2.28. The average Bonchev–Trinajstić information content (AvgIpc) is 3.10. The zero-order chi connectivity index (χ0) is 16.9. The van der Waals surface area contributed by atoms with Crippen LogP contribution in [0.3, 0.4) is 0 Å². The predicted octanol–water partition coefficient (Wildman–Crippen LogP) is 1.94. The Hall–Kier alpha value is -2.28. The van der Waals surface area contributed by atoms with Crippen molar-refractivity contribution in [2.24, 2.45) is 0 Å². The molecule has 1 fully saturated rings. The first kappa shape index (κ1) is 16.6. The first-order valence-corrected chi connectivity index (χ1v) is 8.42. The van der Waals surface area contributed by atoms with Crippen molar-refractivity contribution in [2.45, 2.75) is 32.2 Å². The van der Waals surface area contributed by atoms with Crippen LogP contribution in [-0.2, 0) is 9.53 Å². The van der Waals surface area contributed by atoms with Gasteiger partial charge in [-0.05, 0) is 45.0 Å². The smallest absolute Gasteiger partial charge is 0.338 e. The van der Waals surface area contributed by atoms with Crippen LogP contribution < -0.4 is 10.6 Å². The lowest BCUT2D eigenvalue weighted by molar-refractivity contribution is -0.139.